The molecule has 100 valence electrons. The second kappa shape index (κ2) is 4.78. The molecule has 1 aromatic carbocycles. The van der Waals surface area contributed by atoms with Gasteiger partial charge in [0.05, 0.1) is 11.1 Å². The van der Waals surface area contributed by atoms with Crippen molar-refractivity contribution in [1.29, 1.82) is 0 Å². The Bertz CT molecular complexity index is 573. The maximum absolute atomic E-state index is 10.5. The van der Waals surface area contributed by atoms with Crippen molar-refractivity contribution in [1.82, 2.24) is 9.97 Å². The lowest BCUT2D eigenvalue weighted by atomic mass is 10.0. The first kappa shape index (κ1) is 12.4. The number of hydrogen-bond donors (Lipinski definition) is 1. The molecule has 0 bridgehead atoms. The Morgan fingerprint density at radius 3 is 2.74 bits per heavy atom. The van der Waals surface area contributed by atoms with Crippen molar-refractivity contribution in [2.75, 3.05) is 18.5 Å². The molecule has 1 aromatic heterocycles. The van der Waals surface area contributed by atoms with Crippen LogP contribution in [0.4, 0.5) is 5.82 Å². The van der Waals surface area contributed by atoms with Crippen LogP contribution in [0, 0.1) is 0 Å². The van der Waals surface area contributed by atoms with E-state index in [9.17, 15) is 5.11 Å². The highest BCUT2D eigenvalue weighted by atomic mass is 16.3. The molecule has 1 N–H and O–H groups in total. The van der Waals surface area contributed by atoms with Gasteiger partial charge < -0.3 is 10.0 Å². The molecule has 4 nitrogen and oxygen atoms in total. The van der Waals surface area contributed by atoms with Crippen molar-refractivity contribution in [2.45, 2.75) is 31.3 Å². The zero-order valence-corrected chi connectivity index (χ0v) is 11.2. The Kier molecular flexibility index (Phi) is 3.11. The smallest absolute Gasteiger partial charge is 0.139 e. The second-order valence-corrected chi connectivity index (χ2v) is 5.50. The largest absolute Gasteiger partial charge is 0.388 e. The summed E-state index contributed by atoms with van der Waals surface area (Å²) in [6.07, 6.45) is 5.61. The zero-order chi connectivity index (χ0) is 13.3. The van der Waals surface area contributed by atoms with E-state index in [0.29, 0.717) is 6.54 Å². The number of anilines is 1. The number of aromatic nitrogens is 2. The number of aliphatic hydroxyl groups is 1. The SMILES string of the molecule is CN(CC1(O)CCCC1)c1ncnc2ccccc12. The molecular weight excluding hydrogens is 238 g/mol. The molecule has 0 saturated heterocycles. The molecular formula is C15H19N3O. The van der Waals surface area contributed by atoms with Gasteiger partial charge in [-0.25, -0.2) is 9.97 Å². The number of benzene rings is 1. The van der Waals surface area contributed by atoms with E-state index in [2.05, 4.69) is 14.9 Å². The van der Waals surface area contributed by atoms with Gasteiger partial charge >= 0.3 is 0 Å². The first-order valence-electron chi connectivity index (χ1n) is 6.81. The quantitative estimate of drug-likeness (QED) is 0.917. The van der Waals surface area contributed by atoms with Gasteiger partial charge in [-0.1, -0.05) is 25.0 Å². The average Bonchev–Trinajstić information content (AvgIpc) is 2.84. The van der Waals surface area contributed by atoms with E-state index in [4.69, 9.17) is 0 Å². The van der Waals surface area contributed by atoms with E-state index in [0.717, 1.165) is 42.4 Å². The lowest BCUT2D eigenvalue weighted by molar-refractivity contribution is 0.0558. The molecule has 1 fully saturated rings. The lowest BCUT2D eigenvalue weighted by Crippen LogP contribution is -2.39. The summed E-state index contributed by atoms with van der Waals surface area (Å²) >= 11 is 0. The van der Waals surface area contributed by atoms with Crippen LogP contribution in [0.2, 0.25) is 0 Å². The molecule has 0 unspecified atom stereocenters. The molecule has 1 aliphatic carbocycles. The Hall–Kier alpha value is -1.68. The summed E-state index contributed by atoms with van der Waals surface area (Å²) in [6.45, 7) is 0.633. The third-order valence-corrected chi connectivity index (χ3v) is 3.95. The van der Waals surface area contributed by atoms with Gasteiger partial charge in [0.25, 0.3) is 0 Å². The number of fused-ring (bicyclic) bond motifs is 1. The fraction of sp³-hybridized carbons (Fsp3) is 0.467. The normalized spacial score (nSPS) is 17.8. The molecule has 0 spiro atoms. The zero-order valence-electron chi connectivity index (χ0n) is 11.2. The number of para-hydroxylation sites is 1. The van der Waals surface area contributed by atoms with E-state index >= 15 is 0 Å². The summed E-state index contributed by atoms with van der Waals surface area (Å²) in [5, 5.41) is 11.5. The second-order valence-electron chi connectivity index (χ2n) is 5.50. The monoisotopic (exact) mass is 257 g/mol. The minimum atomic E-state index is -0.555. The van der Waals surface area contributed by atoms with Gasteiger partial charge in [0.15, 0.2) is 0 Å². The summed E-state index contributed by atoms with van der Waals surface area (Å²) in [5.74, 6) is 0.894. The number of rotatable bonds is 3. The number of nitrogens with zero attached hydrogens (tertiary/aromatic N) is 3. The fourth-order valence-corrected chi connectivity index (χ4v) is 3.00. The predicted molar refractivity (Wildman–Crippen MR) is 76.2 cm³/mol. The van der Waals surface area contributed by atoms with Crippen LogP contribution in [-0.2, 0) is 0 Å². The third kappa shape index (κ3) is 2.40. The van der Waals surface area contributed by atoms with Crippen molar-refractivity contribution in [3.63, 3.8) is 0 Å². The van der Waals surface area contributed by atoms with Gasteiger partial charge in [-0.3, -0.25) is 0 Å². The van der Waals surface area contributed by atoms with Crippen LogP contribution >= 0.6 is 0 Å². The van der Waals surface area contributed by atoms with Crippen molar-refractivity contribution in [3.05, 3.63) is 30.6 Å². The lowest BCUT2D eigenvalue weighted by Gasteiger charge is -2.29. The number of likely N-dealkylation sites (N-methyl/N-ethyl adjacent to an activating group) is 1. The molecule has 2 aromatic rings. The van der Waals surface area contributed by atoms with Gasteiger partial charge in [-0.2, -0.15) is 0 Å². The van der Waals surface area contributed by atoms with Crippen LogP contribution in [0.3, 0.4) is 0 Å². The third-order valence-electron chi connectivity index (χ3n) is 3.95. The molecule has 0 radical (unpaired) electrons. The molecule has 1 saturated carbocycles. The van der Waals surface area contributed by atoms with Gasteiger partial charge in [-0.15, -0.1) is 0 Å². The minimum absolute atomic E-state index is 0.555. The minimum Gasteiger partial charge on any atom is -0.388 e. The van der Waals surface area contributed by atoms with E-state index in [-0.39, 0.29) is 0 Å². The van der Waals surface area contributed by atoms with Crippen LogP contribution in [-0.4, -0.2) is 34.3 Å². The van der Waals surface area contributed by atoms with E-state index in [1.54, 1.807) is 6.33 Å². The van der Waals surface area contributed by atoms with E-state index < -0.39 is 5.60 Å². The molecule has 0 amide bonds. The van der Waals surface area contributed by atoms with Crippen LogP contribution in [0.1, 0.15) is 25.7 Å². The molecule has 19 heavy (non-hydrogen) atoms. The van der Waals surface area contributed by atoms with E-state index in [1.165, 1.54) is 0 Å². The standard InChI is InChI=1S/C15H19N3O/c1-18(10-15(19)8-4-5-9-15)14-12-6-2-3-7-13(12)16-11-17-14/h2-3,6-7,11,19H,4-5,8-10H2,1H3. The molecule has 1 heterocycles. The summed E-state index contributed by atoms with van der Waals surface area (Å²) in [5.41, 5.74) is 0.388. The first-order valence-corrected chi connectivity index (χ1v) is 6.81. The maximum atomic E-state index is 10.5. The average molecular weight is 257 g/mol. The van der Waals surface area contributed by atoms with Crippen LogP contribution in [0.15, 0.2) is 30.6 Å². The fourth-order valence-electron chi connectivity index (χ4n) is 3.00. The molecule has 3 rings (SSSR count). The van der Waals surface area contributed by atoms with Gasteiger partial charge in [0, 0.05) is 19.0 Å². The van der Waals surface area contributed by atoms with Crippen molar-refractivity contribution in [3.8, 4) is 0 Å². The highest BCUT2D eigenvalue weighted by molar-refractivity contribution is 5.89. The van der Waals surface area contributed by atoms with Crippen molar-refractivity contribution >= 4 is 16.7 Å². The van der Waals surface area contributed by atoms with Crippen LogP contribution < -0.4 is 4.90 Å². The molecule has 0 aliphatic heterocycles. The summed E-state index contributed by atoms with van der Waals surface area (Å²) in [6, 6.07) is 7.98. The first-order chi connectivity index (χ1) is 9.18. The molecule has 1 aliphatic rings. The van der Waals surface area contributed by atoms with Crippen LogP contribution in [0.5, 0.6) is 0 Å². The Balaban J connectivity index is 1.91. The summed E-state index contributed by atoms with van der Waals surface area (Å²) in [7, 11) is 1.99. The Morgan fingerprint density at radius 2 is 1.95 bits per heavy atom. The van der Waals surface area contributed by atoms with Crippen molar-refractivity contribution in [2.24, 2.45) is 0 Å². The van der Waals surface area contributed by atoms with Gasteiger partial charge in [-0.05, 0) is 25.0 Å². The topological polar surface area (TPSA) is 49.2 Å². The Morgan fingerprint density at radius 1 is 1.21 bits per heavy atom. The van der Waals surface area contributed by atoms with Gasteiger partial charge in [0.1, 0.15) is 12.1 Å². The maximum Gasteiger partial charge on any atom is 0.139 e. The van der Waals surface area contributed by atoms with Crippen molar-refractivity contribution < 1.29 is 5.11 Å². The highest BCUT2D eigenvalue weighted by Crippen LogP contribution is 2.32. The van der Waals surface area contributed by atoms with Crippen LogP contribution in [0.25, 0.3) is 10.9 Å². The molecule has 0 atom stereocenters. The summed E-state index contributed by atoms with van der Waals surface area (Å²) in [4.78, 5) is 10.7. The summed E-state index contributed by atoms with van der Waals surface area (Å²) < 4.78 is 0. The highest BCUT2D eigenvalue weighted by Gasteiger charge is 2.32. The van der Waals surface area contributed by atoms with Gasteiger partial charge in [0.2, 0.25) is 0 Å². The predicted octanol–water partition coefficient (Wildman–Crippen LogP) is 2.37. The molecule has 4 heteroatoms. The Labute approximate surface area is 113 Å². The van der Waals surface area contributed by atoms with E-state index in [1.807, 2.05) is 31.3 Å². The number of hydrogen-bond acceptors (Lipinski definition) is 4.